The van der Waals surface area contributed by atoms with Crippen molar-refractivity contribution in [1.29, 1.82) is 0 Å². The molecule has 166 valence electrons. The molecule has 1 heterocycles. The van der Waals surface area contributed by atoms with E-state index in [0.29, 0.717) is 0 Å². The topological polar surface area (TPSA) is 25.2 Å². The highest BCUT2D eigenvalue weighted by molar-refractivity contribution is 6.21. The largest absolute Gasteiger partial charge is 0.454 e. The first-order chi connectivity index (χ1) is 17.3. The lowest BCUT2D eigenvalue weighted by Gasteiger charge is -2.13. The van der Waals surface area contributed by atoms with E-state index >= 15 is 0 Å². The van der Waals surface area contributed by atoms with Crippen molar-refractivity contribution in [3.05, 3.63) is 121 Å². The van der Waals surface area contributed by atoms with Crippen molar-refractivity contribution in [2.45, 2.75) is 6.92 Å². The van der Waals surface area contributed by atoms with Crippen LogP contribution in [0.5, 0.6) is 0 Å². The number of furan rings is 1. The monoisotopic (exact) mass is 449 g/mol. The Kier molecular flexibility index (Phi) is 4.40. The third-order valence-electron chi connectivity index (χ3n) is 6.93. The average Bonchev–Trinajstić information content (AvgIpc) is 3.31. The molecule has 0 saturated heterocycles. The van der Waals surface area contributed by atoms with E-state index in [9.17, 15) is 0 Å². The SMILES string of the molecule is Cc1cc2ccccc2c2c1oc1c(Nc3ccccc3-c3ccc4ccccc4c3)cccc12. The lowest BCUT2D eigenvalue weighted by molar-refractivity contribution is 0.667. The standard InChI is InChI=1S/C33H23NO/c1-21-19-24-11-4-5-13-27(24)31-28-14-8-16-30(33(28)35-32(21)31)34-29-15-7-6-12-26(29)25-18-17-22-9-2-3-10-23(22)20-25/h2-20,34H,1H3. The summed E-state index contributed by atoms with van der Waals surface area (Å²) < 4.78 is 6.54. The quantitative estimate of drug-likeness (QED) is 0.290. The van der Waals surface area contributed by atoms with E-state index in [1.54, 1.807) is 0 Å². The summed E-state index contributed by atoms with van der Waals surface area (Å²) in [5.41, 5.74) is 7.36. The van der Waals surface area contributed by atoms with Gasteiger partial charge in [0.05, 0.1) is 5.69 Å². The van der Waals surface area contributed by atoms with Crippen LogP contribution in [-0.4, -0.2) is 0 Å². The van der Waals surface area contributed by atoms with Gasteiger partial charge >= 0.3 is 0 Å². The number of fused-ring (bicyclic) bond motifs is 6. The van der Waals surface area contributed by atoms with Crippen molar-refractivity contribution >= 4 is 54.9 Å². The summed E-state index contributed by atoms with van der Waals surface area (Å²) in [6.07, 6.45) is 0. The molecule has 7 aromatic rings. The molecule has 1 N–H and O–H groups in total. The molecule has 35 heavy (non-hydrogen) atoms. The highest BCUT2D eigenvalue weighted by Gasteiger charge is 2.16. The molecular weight excluding hydrogens is 426 g/mol. The highest BCUT2D eigenvalue weighted by Crippen LogP contribution is 2.41. The molecule has 1 aromatic heterocycles. The lowest BCUT2D eigenvalue weighted by atomic mass is 9.99. The lowest BCUT2D eigenvalue weighted by Crippen LogP contribution is -1.93. The molecule has 0 saturated carbocycles. The van der Waals surface area contributed by atoms with Crippen molar-refractivity contribution < 1.29 is 4.42 Å². The summed E-state index contributed by atoms with van der Waals surface area (Å²) in [4.78, 5) is 0. The highest BCUT2D eigenvalue weighted by atomic mass is 16.3. The molecule has 0 aliphatic rings. The molecule has 0 aliphatic carbocycles. The summed E-state index contributed by atoms with van der Waals surface area (Å²) >= 11 is 0. The minimum Gasteiger partial charge on any atom is -0.454 e. The van der Waals surface area contributed by atoms with E-state index in [1.807, 2.05) is 0 Å². The fourth-order valence-electron chi connectivity index (χ4n) is 5.26. The molecule has 0 spiro atoms. The molecule has 0 aliphatic heterocycles. The van der Waals surface area contributed by atoms with Gasteiger partial charge in [-0.2, -0.15) is 0 Å². The van der Waals surface area contributed by atoms with Crippen LogP contribution in [0.25, 0.3) is 54.6 Å². The van der Waals surface area contributed by atoms with Crippen LogP contribution >= 0.6 is 0 Å². The van der Waals surface area contributed by atoms with Gasteiger partial charge in [0, 0.05) is 22.0 Å². The number of rotatable bonds is 3. The fraction of sp³-hybridized carbons (Fsp3) is 0.0303. The van der Waals surface area contributed by atoms with Gasteiger partial charge in [0.1, 0.15) is 5.58 Å². The normalized spacial score (nSPS) is 11.6. The fourth-order valence-corrected chi connectivity index (χ4v) is 5.26. The Morgan fingerprint density at radius 2 is 1.26 bits per heavy atom. The van der Waals surface area contributed by atoms with Crippen LogP contribution in [0.1, 0.15) is 5.56 Å². The van der Waals surface area contributed by atoms with E-state index in [1.165, 1.54) is 32.5 Å². The Morgan fingerprint density at radius 1 is 0.543 bits per heavy atom. The second-order valence-electron chi connectivity index (χ2n) is 9.14. The van der Waals surface area contributed by atoms with Gasteiger partial charge in [-0.05, 0) is 63.9 Å². The van der Waals surface area contributed by atoms with Crippen LogP contribution in [0.2, 0.25) is 0 Å². The molecular formula is C33H23NO. The Balaban J connectivity index is 1.40. The maximum absolute atomic E-state index is 6.54. The van der Waals surface area contributed by atoms with Crippen molar-refractivity contribution in [3.63, 3.8) is 0 Å². The summed E-state index contributed by atoms with van der Waals surface area (Å²) in [6.45, 7) is 2.12. The van der Waals surface area contributed by atoms with Gasteiger partial charge in [0.15, 0.2) is 5.58 Å². The zero-order chi connectivity index (χ0) is 23.4. The summed E-state index contributed by atoms with van der Waals surface area (Å²) in [6, 6.07) is 40.7. The summed E-state index contributed by atoms with van der Waals surface area (Å²) in [7, 11) is 0. The first-order valence-corrected chi connectivity index (χ1v) is 11.9. The second kappa shape index (κ2) is 7.75. The average molecular weight is 450 g/mol. The smallest absolute Gasteiger partial charge is 0.158 e. The van der Waals surface area contributed by atoms with Crippen molar-refractivity contribution in [2.24, 2.45) is 0 Å². The molecule has 0 bridgehead atoms. The Hall–Kier alpha value is -4.56. The maximum Gasteiger partial charge on any atom is 0.158 e. The number of hydrogen-bond donors (Lipinski definition) is 1. The summed E-state index contributed by atoms with van der Waals surface area (Å²) in [5.74, 6) is 0. The van der Waals surface area contributed by atoms with E-state index in [0.717, 1.165) is 39.1 Å². The third-order valence-corrected chi connectivity index (χ3v) is 6.93. The molecule has 0 atom stereocenters. The molecule has 0 unspecified atom stereocenters. The van der Waals surface area contributed by atoms with Crippen LogP contribution in [0, 0.1) is 6.92 Å². The van der Waals surface area contributed by atoms with Crippen LogP contribution in [-0.2, 0) is 0 Å². The van der Waals surface area contributed by atoms with Crippen LogP contribution in [0.4, 0.5) is 11.4 Å². The maximum atomic E-state index is 6.54. The molecule has 0 fully saturated rings. The van der Waals surface area contributed by atoms with Gasteiger partial charge in [-0.15, -0.1) is 0 Å². The number of anilines is 2. The molecule has 2 nitrogen and oxygen atoms in total. The predicted octanol–water partition coefficient (Wildman–Crippen LogP) is 9.61. The van der Waals surface area contributed by atoms with Gasteiger partial charge in [-0.25, -0.2) is 0 Å². The van der Waals surface area contributed by atoms with E-state index in [4.69, 9.17) is 4.42 Å². The van der Waals surface area contributed by atoms with Crippen LogP contribution < -0.4 is 5.32 Å². The summed E-state index contributed by atoms with van der Waals surface area (Å²) in [5, 5.41) is 11.0. The molecule has 2 heteroatoms. The van der Waals surface area contributed by atoms with Crippen molar-refractivity contribution in [1.82, 2.24) is 0 Å². The first-order valence-electron chi connectivity index (χ1n) is 11.9. The van der Waals surface area contributed by atoms with Gasteiger partial charge < -0.3 is 9.73 Å². The second-order valence-corrected chi connectivity index (χ2v) is 9.14. The number of para-hydroxylation sites is 2. The number of aryl methyl sites for hydroxylation is 1. The van der Waals surface area contributed by atoms with Gasteiger partial charge in [-0.3, -0.25) is 0 Å². The predicted molar refractivity (Wildman–Crippen MR) is 149 cm³/mol. The molecule has 6 aromatic carbocycles. The Morgan fingerprint density at radius 3 is 2.17 bits per heavy atom. The van der Waals surface area contributed by atoms with Crippen molar-refractivity contribution in [2.75, 3.05) is 5.32 Å². The molecule has 0 amide bonds. The zero-order valence-corrected chi connectivity index (χ0v) is 19.4. The van der Waals surface area contributed by atoms with Crippen LogP contribution in [0.15, 0.2) is 120 Å². The minimum absolute atomic E-state index is 0.885. The number of nitrogens with one attached hydrogen (secondary N) is 1. The number of hydrogen-bond acceptors (Lipinski definition) is 2. The van der Waals surface area contributed by atoms with E-state index in [2.05, 4.69) is 128 Å². The van der Waals surface area contributed by atoms with Gasteiger partial charge in [0.2, 0.25) is 0 Å². The number of benzene rings is 6. The molecule has 7 rings (SSSR count). The van der Waals surface area contributed by atoms with Gasteiger partial charge in [0.25, 0.3) is 0 Å². The molecule has 0 radical (unpaired) electrons. The zero-order valence-electron chi connectivity index (χ0n) is 19.4. The third kappa shape index (κ3) is 3.18. The van der Waals surface area contributed by atoms with E-state index in [-0.39, 0.29) is 0 Å². The first kappa shape index (κ1) is 19.9. The van der Waals surface area contributed by atoms with Crippen LogP contribution in [0.3, 0.4) is 0 Å². The Labute approximate surface area is 203 Å². The van der Waals surface area contributed by atoms with Gasteiger partial charge in [-0.1, -0.05) is 91.0 Å². The van der Waals surface area contributed by atoms with Crippen molar-refractivity contribution in [3.8, 4) is 11.1 Å². The van der Waals surface area contributed by atoms with E-state index < -0.39 is 0 Å². The Bertz CT molecular complexity index is 1890. The minimum atomic E-state index is 0.885.